The highest BCUT2D eigenvalue weighted by molar-refractivity contribution is 5.97. The number of ether oxygens (including phenoxy) is 1. The summed E-state index contributed by atoms with van der Waals surface area (Å²) in [6.45, 7) is 2.26. The van der Waals surface area contributed by atoms with E-state index in [1.807, 2.05) is 0 Å². The zero-order valence-corrected chi connectivity index (χ0v) is 11.0. The standard InChI is InChI=1S/C13H15N3O4/c1-2-20-11(17)5-6-14-12(18)8-3-4-9-10(7-8)16-13(19)15-9/h3-4,7H,2,5-6H2,1H3,(H,14,18)(H2,15,16,19). The van der Waals surface area contributed by atoms with Crippen LogP contribution in [0.15, 0.2) is 23.0 Å². The summed E-state index contributed by atoms with van der Waals surface area (Å²) in [5, 5.41) is 2.62. The van der Waals surface area contributed by atoms with Crippen molar-refractivity contribution in [3.05, 3.63) is 34.2 Å². The molecule has 0 aliphatic heterocycles. The Balaban J connectivity index is 1.97. The lowest BCUT2D eigenvalue weighted by atomic mass is 10.2. The quantitative estimate of drug-likeness (QED) is 0.694. The van der Waals surface area contributed by atoms with E-state index in [1.165, 1.54) is 0 Å². The van der Waals surface area contributed by atoms with Gasteiger partial charge in [-0.25, -0.2) is 4.79 Å². The molecule has 0 unspecified atom stereocenters. The Hall–Kier alpha value is -2.57. The first-order valence-corrected chi connectivity index (χ1v) is 6.26. The zero-order valence-electron chi connectivity index (χ0n) is 11.0. The first kappa shape index (κ1) is 13.9. The molecule has 2 rings (SSSR count). The number of hydrogen-bond donors (Lipinski definition) is 3. The van der Waals surface area contributed by atoms with E-state index >= 15 is 0 Å². The SMILES string of the molecule is CCOC(=O)CCNC(=O)c1ccc2[nH]c(=O)[nH]c2c1. The molecule has 1 aromatic carbocycles. The molecule has 2 aromatic rings. The lowest BCUT2D eigenvalue weighted by Gasteiger charge is -2.05. The summed E-state index contributed by atoms with van der Waals surface area (Å²) >= 11 is 0. The second-order valence-electron chi connectivity index (χ2n) is 4.15. The highest BCUT2D eigenvalue weighted by Crippen LogP contribution is 2.09. The van der Waals surface area contributed by atoms with Crippen LogP contribution in [-0.4, -0.2) is 35.0 Å². The molecule has 0 spiro atoms. The van der Waals surface area contributed by atoms with Crippen LogP contribution >= 0.6 is 0 Å². The highest BCUT2D eigenvalue weighted by Gasteiger charge is 2.08. The largest absolute Gasteiger partial charge is 0.466 e. The van der Waals surface area contributed by atoms with Gasteiger partial charge < -0.3 is 20.0 Å². The van der Waals surface area contributed by atoms with Gasteiger partial charge in [0.1, 0.15) is 0 Å². The van der Waals surface area contributed by atoms with Crippen LogP contribution < -0.4 is 11.0 Å². The maximum Gasteiger partial charge on any atom is 0.323 e. The molecule has 0 radical (unpaired) electrons. The van der Waals surface area contributed by atoms with Gasteiger partial charge in [-0.2, -0.15) is 0 Å². The van der Waals surface area contributed by atoms with Gasteiger partial charge in [-0.3, -0.25) is 9.59 Å². The van der Waals surface area contributed by atoms with Crippen LogP contribution in [0.1, 0.15) is 23.7 Å². The summed E-state index contributed by atoms with van der Waals surface area (Å²) in [4.78, 5) is 39.3. The fraction of sp³-hybridized carbons (Fsp3) is 0.308. The third-order valence-corrected chi connectivity index (χ3v) is 2.70. The van der Waals surface area contributed by atoms with Crippen molar-refractivity contribution in [3.63, 3.8) is 0 Å². The molecule has 1 heterocycles. The van der Waals surface area contributed by atoms with E-state index in [0.717, 1.165) is 0 Å². The van der Waals surface area contributed by atoms with Gasteiger partial charge in [-0.15, -0.1) is 0 Å². The van der Waals surface area contributed by atoms with Gasteiger partial charge >= 0.3 is 11.7 Å². The molecule has 7 heteroatoms. The molecule has 20 heavy (non-hydrogen) atoms. The Labute approximate surface area is 114 Å². The average Bonchev–Trinajstić information content (AvgIpc) is 2.77. The minimum atomic E-state index is -0.349. The summed E-state index contributed by atoms with van der Waals surface area (Å²) in [6, 6.07) is 4.83. The topological polar surface area (TPSA) is 104 Å². The number of aromatic amines is 2. The number of carbonyl (C=O) groups is 2. The van der Waals surface area contributed by atoms with Crippen molar-refractivity contribution in [2.75, 3.05) is 13.2 Å². The number of carbonyl (C=O) groups excluding carboxylic acids is 2. The number of benzene rings is 1. The molecule has 106 valence electrons. The fourth-order valence-corrected chi connectivity index (χ4v) is 1.79. The molecular formula is C13H15N3O4. The number of fused-ring (bicyclic) bond motifs is 1. The normalized spacial score (nSPS) is 10.4. The minimum Gasteiger partial charge on any atom is -0.466 e. The van der Waals surface area contributed by atoms with E-state index in [0.29, 0.717) is 23.2 Å². The minimum absolute atomic E-state index is 0.128. The van der Waals surface area contributed by atoms with Gasteiger partial charge in [0, 0.05) is 12.1 Å². The molecule has 0 atom stereocenters. The van der Waals surface area contributed by atoms with Crippen molar-refractivity contribution < 1.29 is 14.3 Å². The summed E-state index contributed by atoms with van der Waals surface area (Å²) in [5.74, 6) is -0.656. The first-order chi connectivity index (χ1) is 9.60. The van der Waals surface area contributed by atoms with Gasteiger partial charge in [0.05, 0.1) is 24.1 Å². The predicted molar refractivity (Wildman–Crippen MR) is 72.5 cm³/mol. The molecule has 0 fully saturated rings. The molecule has 1 amide bonds. The number of imidazole rings is 1. The predicted octanol–water partition coefficient (Wildman–Crippen LogP) is 0.539. The molecule has 0 saturated carbocycles. The van der Waals surface area contributed by atoms with Crippen molar-refractivity contribution in [1.82, 2.24) is 15.3 Å². The van der Waals surface area contributed by atoms with Crippen molar-refractivity contribution in [1.29, 1.82) is 0 Å². The number of nitrogens with one attached hydrogen (secondary N) is 3. The summed E-state index contributed by atoms with van der Waals surface area (Å²) in [5.41, 5.74) is 1.29. The van der Waals surface area contributed by atoms with Gasteiger partial charge in [-0.05, 0) is 25.1 Å². The maximum absolute atomic E-state index is 11.9. The second kappa shape index (κ2) is 6.05. The van der Waals surface area contributed by atoms with Crippen LogP contribution in [0.25, 0.3) is 11.0 Å². The molecule has 3 N–H and O–H groups in total. The third-order valence-electron chi connectivity index (χ3n) is 2.70. The number of amides is 1. The van der Waals surface area contributed by atoms with E-state index < -0.39 is 0 Å². The Bertz CT molecular complexity index is 686. The third kappa shape index (κ3) is 3.25. The van der Waals surface area contributed by atoms with Crippen LogP contribution in [0.4, 0.5) is 0 Å². The monoisotopic (exact) mass is 277 g/mol. The van der Waals surface area contributed by atoms with Crippen LogP contribution in [0, 0.1) is 0 Å². The molecule has 0 aliphatic rings. The van der Waals surface area contributed by atoms with E-state index in [-0.39, 0.29) is 30.5 Å². The van der Waals surface area contributed by atoms with Gasteiger partial charge in [0.25, 0.3) is 5.91 Å². The first-order valence-electron chi connectivity index (χ1n) is 6.26. The number of hydrogen-bond acceptors (Lipinski definition) is 4. The van der Waals surface area contributed by atoms with E-state index in [9.17, 15) is 14.4 Å². The van der Waals surface area contributed by atoms with Gasteiger partial charge in [0.15, 0.2) is 0 Å². The summed E-state index contributed by atoms with van der Waals surface area (Å²) < 4.78 is 4.76. The lowest BCUT2D eigenvalue weighted by Crippen LogP contribution is -2.26. The number of rotatable bonds is 5. The molecule has 0 aliphatic carbocycles. The highest BCUT2D eigenvalue weighted by atomic mass is 16.5. The van der Waals surface area contributed by atoms with Crippen molar-refractivity contribution in [2.45, 2.75) is 13.3 Å². The van der Waals surface area contributed by atoms with Crippen LogP contribution in [0.5, 0.6) is 0 Å². The van der Waals surface area contributed by atoms with Crippen molar-refractivity contribution in [2.24, 2.45) is 0 Å². The van der Waals surface area contributed by atoms with Crippen LogP contribution in [0.3, 0.4) is 0 Å². The fourth-order valence-electron chi connectivity index (χ4n) is 1.79. The zero-order chi connectivity index (χ0) is 14.5. The molecular weight excluding hydrogens is 262 g/mol. The number of H-pyrrole nitrogens is 2. The van der Waals surface area contributed by atoms with Crippen molar-refractivity contribution >= 4 is 22.9 Å². The Morgan fingerprint density at radius 2 is 2.00 bits per heavy atom. The smallest absolute Gasteiger partial charge is 0.323 e. The number of aromatic nitrogens is 2. The van der Waals surface area contributed by atoms with Gasteiger partial charge in [-0.1, -0.05) is 0 Å². The van der Waals surface area contributed by atoms with E-state index in [4.69, 9.17) is 4.74 Å². The molecule has 1 aromatic heterocycles. The molecule has 0 saturated heterocycles. The summed E-state index contributed by atoms with van der Waals surface area (Å²) in [6.07, 6.45) is 0.128. The van der Waals surface area contributed by atoms with E-state index in [2.05, 4.69) is 15.3 Å². The van der Waals surface area contributed by atoms with Crippen LogP contribution in [-0.2, 0) is 9.53 Å². The molecule has 0 bridgehead atoms. The maximum atomic E-state index is 11.9. The Morgan fingerprint density at radius 1 is 1.25 bits per heavy atom. The average molecular weight is 277 g/mol. The molecule has 7 nitrogen and oxygen atoms in total. The van der Waals surface area contributed by atoms with E-state index in [1.54, 1.807) is 25.1 Å². The lowest BCUT2D eigenvalue weighted by molar-refractivity contribution is -0.142. The van der Waals surface area contributed by atoms with Crippen molar-refractivity contribution in [3.8, 4) is 0 Å². The Morgan fingerprint density at radius 3 is 2.75 bits per heavy atom. The number of esters is 1. The van der Waals surface area contributed by atoms with Crippen LogP contribution in [0.2, 0.25) is 0 Å². The Kier molecular flexibility index (Phi) is 4.19. The second-order valence-corrected chi connectivity index (χ2v) is 4.15. The summed E-state index contributed by atoms with van der Waals surface area (Å²) in [7, 11) is 0. The van der Waals surface area contributed by atoms with Gasteiger partial charge in [0.2, 0.25) is 0 Å².